The lowest BCUT2D eigenvalue weighted by atomic mass is 9.99. The van der Waals surface area contributed by atoms with Crippen LogP contribution in [0.4, 0.5) is 0 Å². The molecule has 2 rings (SSSR count). The first-order valence-electron chi connectivity index (χ1n) is 6.75. The van der Waals surface area contributed by atoms with E-state index in [2.05, 4.69) is 23.6 Å². The number of hydrogen-bond donors (Lipinski definition) is 0. The van der Waals surface area contributed by atoms with Crippen molar-refractivity contribution >= 4 is 0 Å². The quantitative estimate of drug-likeness (QED) is 0.694. The van der Waals surface area contributed by atoms with Gasteiger partial charge in [-0.05, 0) is 59.3 Å². The molecule has 0 spiro atoms. The van der Waals surface area contributed by atoms with Crippen LogP contribution in [0.2, 0.25) is 0 Å². The van der Waals surface area contributed by atoms with Crippen LogP contribution in [-0.2, 0) is 0 Å². The van der Waals surface area contributed by atoms with E-state index in [1.54, 1.807) is 0 Å². The third kappa shape index (κ3) is 3.46. The number of hydrogen-bond acceptors (Lipinski definition) is 2. The van der Waals surface area contributed by atoms with Gasteiger partial charge in [-0.3, -0.25) is 0 Å². The molecule has 0 unspecified atom stereocenters. The summed E-state index contributed by atoms with van der Waals surface area (Å²) in [5.74, 6) is 0. The van der Waals surface area contributed by atoms with Gasteiger partial charge in [0.15, 0.2) is 0 Å². The zero-order valence-electron chi connectivity index (χ0n) is 11.0. The van der Waals surface area contributed by atoms with Gasteiger partial charge in [0.25, 0.3) is 0 Å². The molecule has 2 aliphatic rings. The Bertz CT molecular complexity index is 156. The van der Waals surface area contributed by atoms with E-state index in [1.165, 1.54) is 45.4 Å². The van der Waals surface area contributed by atoms with Crippen molar-refractivity contribution in [2.24, 2.45) is 0 Å². The molecule has 0 atom stereocenters. The molecule has 0 aromatic carbocycles. The Labute approximate surface area is 95.6 Å². The normalized spacial score (nSPS) is 24.6. The highest BCUT2D eigenvalue weighted by Crippen LogP contribution is 2.22. The van der Waals surface area contributed by atoms with Crippen LogP contribution in [0.25, 0.3) is 0 Å². The highest BCUT2D eigenvalue weighted by Gasteiger charge is 2.28. The minimum Gasteiger partial charge on any atom is -0.301 e. The predicted octanol–water partition coefficient (Wildman–Crippen LogP) is 2.59. The Morgan fingerprint density at radius 2 is 1.47 bits per heavy atom. The van der Waals surface area contributed by atoms with Crippen molar-refractivity contribution in [1.29, 1.82) is 0 Å². The molecule has 2 aliphatic heterocycles. The number of likely N-dealkylation sites (tertiary alicyclic amines) is 2. The van der Waals surface area contributed by atoms with Gasteiger partial charge in [0, 0.05) is 12.1 Å². The molecule has 2 fully saturated rings. The van der Waals surface area contributed by atoms with E-state index < -0.39 is 0 Å². The summed E-state index contributed by atoms with van der Waals surface area (Å²) in [6.07, 6.45) is 4.24. The number of rotatable bonds is 2. The van der Waals surface area contributed by atoms with Gasteiger partial charge in [-0.2, -0.15) is 0 Å². The van der Waals surface area contributed by atoms with E-state index in [9.17, 15) is 0 Å². The lowest BCUT2D eigenvalue weighted by Gasteiger charge is -2.43. The minimum absolute atomic E-state index is 0.748. The maximum Gasteiger partial charge on any atom is 0.0120 e. The maximum atomic E-state index is 2.66. The third-order valence-electron chi connectivity index (χ3n) is 3.64. The molecule has 0 bridgehead atoms. The van der Waals surface area contributed by atoms with Crippen molar-refractivity contribution in [3.8, 4) is 0 Å². The van der Waals surface area contributed by atoms with Crippen LogP contribution in [0, 0.1) is 0 Å². The molecule has 2 nitrogen and oxygen atoms in total. The molecule has 0 aliphatic carbocycles. The average Bonchev–Trinajstić information content (AvgIpc) is 2.19. The summed E-state index contributed by atoms with van der Waals surface area (Å²) in [5.41, 5.74) is 0. The van der Waals surface area contributed by atoms with Gasteiger partial charge in [0.2, 0.25) is 0 Å². The van der Waals surface area contributed by atoms with E-state index in [4.69, 9.17) is 0 Å². The van der Waals surface area contributed by atoms with Crippen LogP contribution in [-0.4, -0.2) is 48.1 Å². The van der Waals surface area contributed by atoms with Crippen LogP contribution >= 0.6 is 0 Å². The molecular formula is C13H28N2. The highest BCUT2D eigenvalue weighted by molar-refractivity contribution is 4.84. The Morgan fingerprint density at radius 1 is 0.933 bits per heavy atom. The summed E-state index contributed by atoms with van der Waals surface area (Å²) in [7, 11) is 0. The molecule has 0 N–H and O–H groups in total. The first-order chi connectivity index (χ1) is 7.27. The first kappa shape index (κ1) is 13.0. The van der Waals surface area contributed by atoms with Gasteiger partial charge in [-0.25, -0.2) is 0 Å². The monoisotopic (exact) mass is 212 g/mol. The van der Waals surface area contributed by atoms with E-state index in [-0.39, 0.29) is 0 Å². The van der Waals surface area contributed by atoms with Crippen molar-refractivity contribution in [3.05, 3.63) is 0 Å². The van der Waals surface area contributed by atoms with Gasteiger partial charge in [0.1, 0.15) is 0 Å². The zero-order chi connectivity index (χ0) is 11.3. The van der Waals surface area contributed by atoms with Crippen molar-refractivity contribution in [3.63, 3.8) is 0 Å². The second-order valence-corrected chi connectivity index (χ2v) is 4.75. The van der Waals surface area contributed by atoms with E-state index in [0.717, 1.165) is 12.1 Å². The Kier molecular flexibility index (Phi) is 5.62. The zero-order valence-corrected chi connectivity index (χ0v) is 11.0. The summed E-state index contributed by atoms with van der Waals surface area (Å²) in [6.45, 7) is 14.0. The number of piperidine rings is 1. The summed E-state index contributed by atoms with van der Waals surface area (Å²) in [6, 6.07) is 1.67. The Balaban J connectivity index is 0.000000531. The van der Waals surface area contributed by atoms with Crippen LogP contribution < -0.4 is 0 Å². The molecule has 0 saturated carbocycles. The molecule has 15 heavy (non-hydrogen) atoms. The smallest absolute Gasteiger partial charge is 0.0120 e. The maximum absolute atomic E-state index is 2.66. The molecule has 2 saturated heterocycles. The number of nitrogens with zero attached hydrogens (tertiary/aromatic N) is 2. The van der Waals surface area contributed by atoms with Gasteiger partial charge >= 0.3 is 0 Å². The van der Waals surface area contributed by atoms with Crippen molar-refractivity contribution in [1.82, 2.24) is 9.80 Å². The molecule has 0 amide bonds. The van der Waals surface area contributed by atoms with Gasteiger partial charge in [-0.1, -0.05) is 13.8 Å². The molecule has 2 heteroatoms. The largest absolute Gasteiger partial charge is 0.301 e. The average molecular weight is 212 g/mol. The minimum atomic E-state index is 0.748. The Morgan fingerprint density at radius 3 is 1.80 bits per heavy atom. The highest BCUT2D eigenvalue weighted by atomic mass is 15.2. The second-order valence-electron chi connectivity index (χ2n) is 4.75. The summed E-state index contributed by atoms with van der Waals surface area (Å²) in [5, 5.41) is 0. The van der Waals surface area contributed by atoms with Crippen LogP contribution in [0.1, 0.15) is 47.0 Å². The Hall–Kier alpha value is -0.0800. The summed E-state index contributed by atoms with van der Waals surface area (Å²) in [4.78, 5) is 5.27. The van der Waals surface area contributed by atoms with Crippen molar-refractivity contribution < 1.29 is 0 Å². The van der Waals surface area contributed by atoms with Gasteiger partial charge in [-0.15, -0.1) is 0 Å². The molecule has 90 valence electrons. The van der Waals surface area contributed by atoms with E-state index in [0.29, 0.717) is 0 Å². The fraction of sp³-hybridized carbons (Fsp3) is 1.00. The molecule has 0 radical (unpaired) electrons. The van der Waals surface area contributed by atoms with E-state index in [1.807, 2.05) is 13.8 Å². The van der Waals surface area contributed by atoms with Crippen LogP contribution in [0.3, 0.4) is 0 Å². The standard InChI is InChI=1S/C11H22N2.C2H6/c1-10(2)12-8-4-11(5-9-12)13-6-3-7-13;1-2/h10-11H,3-9H2,1-2H3;1-2H3. The molecular weight excluding hydrogens is 184 g/mol. The second kappa shape index (κ2) is 6.49. The topological polar surface area (TPSA) is 6.48 Å². The fourth-order valence-electron chi connectivity index (χ4n) is 2.47. The summed E-state index contributed by atoms with van der Waals surface area (Å²) < 4.78 is 0. The predicted molar refractivity (Wildman–Crippen MR) is 67.3 cm³/mol. The lowest BCUT2D eigenvalue weighted by molar-refractivity contribution is 0.0541. The molecule has 2 heterocycles. The first-order valence-corrected chi connectivity index (χ1v) is 6.75. The molecule has 0 aromatic rings. The van der Waals surface area contributed by atoms with Gasteiger partial charge in [0.05, 0.1) is 0 Å². The SMILES string of the molecule is CC.CC(C)N1CCC(N2CCC2)CC1. The third-order valence-corrected chi connectivity index (χ3v) is 3.64. The van der Waals surface area contributed by atoms with Gasteiger partial charge < -0.3 is 9.80 Å². The van der Waals surface area contributed by atoms with Crippen molar-refractivity contribution in [2.45, 2.75) is 59.0 Å². The summed E-state index contributed by atoms with van der Waals surface area (Å²) >= 11 is 0. The van der Waals surface area contributed by atoms with Crippen LogP contribution in [0.15, 0.2) is 0 Å². The molecule has 0 aromatic heterocycles. The van der Waals surface area contributed by atoms with E-state index >= 15 is 0 Å². The fourth-order valence-corrected chi connectivity index (χ4v) is 2.47. The lowest BCUT2D eigenvalue weighted by Crippen LogP contribution is -2.51. The van der Waals surface area contributed by atoms with Crippen molar-refractivity contribution in [2.75, 3.05) is 26.2 Å². The van der Waals surface area contributed by atoms with Crippen LogP contribution in [0.5, 0.6) is 0 Å².